The molecule has 2 fully saturated rings. The summed E-state index contributed by atoms with van der Waals surface area (Å²) in [4.78, 5) is 2.46. The Morgan fingerprint density at radius 3 is 2.82 bits per heavy atom. The molecular weight excluding hydrogens is 138 g/mol. The normalized spacial score (nSPS) is 51.5. The fourth-order valence-electron chi connectivity index (χ4n) is 2.71. The molecule has 0 aliphatic carbocycles. The van der Waals surface area contributed by atoms with Crippen molar-refractivity contribution in [3.05, 3.63) is 0 Å². The van der Waals surface area contributed by atoms with E-state index in [2.05, 4.69) is 18.9 Å². The molecule has 64 valence electrons. The van der Waals surface area contributed by atoms with E-state index in [1.165, 1.54) is 12.8 Å². The van der Waals surface area contributed by atoms with Crippen LogP contribution in [0.25, 0.3) is 0 Å². The number of hydrogen-bond acceptors (Lipinski definition) is 2. The number of piperidine rings is 1. The van der Waals surface area contributed by atoms with E-state index < -0.39 is 0 Å². The third-order valence-electron chi connectivity index (χ3n) is 3.62. The molecule has 2 nitrogen and oxygen atoms in total. The van der Waals surface area contributed by atoms with Crippen LogP contribution in [0.1, 0.15) is 26.2 Å². The van der Waals surface area contributed by atoms with Crippen molar-refractivity contribution in [2.24, 2.45) is 5.92 Å². The van der Waals surface area contributed by atoms with Crippen molar-refractivity contribution in [3.63, 3.8) is 0 Å². The molecule has 2 aliphatic rings. The van der Waals surface area contributed by atoms with Gasteiger partial charge in [-0.1, -0.05) is 6.92 Å². The lowest BCUT2D eigenvalue weighted by Crippen LogP contribution is -2.47. The van der Waals surface area contributed by atoms with E-state index in [0.29, 0.717) is 18.0 Å². The Kier molecular flexibility index (Phi) is 1.69. The molecule has 0 aromatic carbocycles. The highest BCUT2D eigenvalue weighted by Gasteiger charge is 2.42. The maximum Gasteiger partial charge on any atom is 0.0595 e. The third kappa shape index (κ3) is 1.00. The molecule has 11 heavy (non-hydrogen) atoms. The van der Waals surface area contributed by atoms with Crippen molar-refractivity contribution in [1.29, 1.82) is 0 Å². The molecule has 0 spiro atoms. The molecule has 2 aliphatic heterocycles. The summed E-state index contributed by atoms with van der Waals surface area (Å²) in [6, 6.07) is 1.33. The van der Waals surface area contributed by atoms with Crippen LogP contribution in [0.2, 0.25) is 0 Å². The van der Waals surface area contributed by atoms with Crippen LogP contribution in [-0.2, 0) is 0 Å². The van der Waals surface area contributed by atoms with E-state index in [0.717, 1.165) is 6.42 Å². The second-order valence-electron chi connectivity index (χ2n) is 4.13. The van der Waals surface area contributed by atoms with Gasteiger partial charge in [-0.15, -0.1) is 0 Å². The first kappa shape index (κ1) is 7.56. The topological polar surface area (TPSA) is 23.5 Å². The molecule has 2 heterocycles. The number of aliphatic hydroxyl groups is 1. The first-order chi connectivity index (χ1) is 5.20. The predicted molar refractivity (Wildman–Crippen MR) is 44.4 cm³/mol. The summed E-state index contributed by atoms with van der Waals surface area (Å²) in [5, 5.41) is 9.65. The van der Waals surface area contributed by atoms with Crippen molar-refractivity contribution in [2.75, 3.05) is 7.05 Å². The maximum atomic E-state index is 9.65. The fraction of sp³-hybridized carbons (Fsp3) is 1.00. The minimum absolute atomic E-state index is 0.0382. The average Bonchev–Trinajstić information content (AvgIpc) is 2.23. The van der Waals surface area contributed by atoms with Crippen LogP contribution >= 0.6 is 0 Å². The minimum atomic E-state index is -0.0382. The average molecular weight is 155 g/mol. The van der Waals surface area contributed by atoms with Gasteiger partial charge in [-0.2, -0.15) is 0 Å². The van der Waals surface area contributed by atoms with Crippen molar-refractivity contribution in [1.82, 2.24) is 4.90 Å². The van der Waals surface area contributed by atoms with Gasteiger partial charge < -0.3 is 10.0 Å². The lowest BCUT2D eigenvalue weighted by Gasteiger charge is -2.39. The second-order valence-corrected chi connectivity index (χ2v) is 4.13. The van der Waals surface area contributed by atoms with Gasteiger partial charge in [0.15, 0.2) is 0 Å². The van der Waals surface area contributed by atoms with Crippen LogP contribution in [0.5, 0.6) is 0 Å². The largest absolute Gasteiger partial charge is 0.393 e. The van der Waals surface area contributed by atoms with Crippen molar-refractivity contribution in [2.45, 2.75) is 44.4 Å². The Balaban J connectivity index is 2.16. The van der Waals surface area contributed by atoms with Gasteiger partial charge in [-0.25, -0.2) is 0 Å². The van der Waals surface area contributed by atoms with E-state index in [1.54, 1.807) is 0 Å². The van der Waals surface area contributed by atoms with Crippen LogP contribution in [0.3, 0.4) is 0 Å². The van der Waals surface area contributed by atoms with Gasteiger partial charge in [0.25, 0.3) is 0 Å². The number of nitrogens with zero attached hydrogens (tertiary/aromatic N) is 1. The van der Waals surface area contributed by atoms with Crippen LogP contribution < -0.4 is 0 Å². The van der Waals surface area contributed by atoms with Gasteiger partial charge >= 0.3 is 0 Å². The zero-order valence-corrected chi connectivity index (χ0v) is 7.33. The molecule has 2 saturated heterocycles. The molecular formula is C9H17NO. The molecule has 2 unspecified atom stereocenters. The molecule has 0 aromatic rings. The highest BCUT2D eigenvalue weighted by atomic mass is 16.3. The smallest absolute Gasteiger partial charge is 0.0595 e. The van der Waals surface area contributed by atoms with Crippen LogP contribution in [0.15, 0.2) is 0 Å². The van der Waals surface area contributed by atoms with Crippen LogP contribution in [0, 0.1) is 5.92 Å². The molecule has 2 heteroatoms. The number of rotatable bonds is 0. The lowest BCUT2D eigenvalue weighted by atomic mass is 9.90. The molecule has 1 N–H and O–H groups in total. The van der Waals surface area contributed by atoms with Gasteiger partial charge in [0.1, 0.15) is 0 Å². The van der Waals surface area contributed by atoms with E-state index in [9.17, 15) is 5.11 Å². The minimum Gasteiger partial charge on any atom is -0.393 e. The van der Waals surface area contributed by atoms with Gasteiger partial charge in [0, 0.05) is 12.1 Å². The van der Waals surface area contributed by atoms with Crippen LogP contribution in [-0.4, -0.2) is 35.2 Å². The summed E-state index contributed by atoms with van der Waals surface area (Å²) < 4.78 is 0. The molecule has 0 saturated carbocycles. The van der Waals surface area contributed by atoms with E-state index >= 15 is 0 Å². The molecule has 2 bridgehead atoms. The zero-order valence-electron chi connectivity index (χ0n) is 7.33. The van der Waals surface area contributed by atoms with E-state index in [4.69, 9.17) is 0 Å². The summed E-state index contributed by atoms with van der Waals surface area (Å²) in [6.45, 7) is 2.17. The Morgan fingerprint density at radius 1 is 1.36 bits per heavy atom. The predicted octanol–water partition coefficient (Wildman–Crippen LogP) is 0.850. The molecule has 0 aromatic heterocycles. The Labute approximate surface area is 68.2 Å². The first-order valence-corrected chi connectivity index (χ1v) is 4.60. The summed E-state index contributed by atoms with van der Waals surface area (Å²) in [7, 11) is 2.20. The van der Waals surface area contributed by atoms with Crippen molar-refractivity contribution >= 4 is 0 Å². The fourth-order valence-corrected chi connectivity index (χ4v) is 2.71. The Morgan fingerprint density at radius 2 is 2.09 bits per heavy atom. The maximum absolute atomic E-state index is 9.65. The van der Waals surface area contributed by atoms with Crippen molar-refractivity contribution in [3.8, 4) is 0 Å². The SMILES string of the molecule is C[C@@H]1C2CCC(C[C@@H]1O)N2C. The monoisotopic (exact) mass is 155 g/mol. The standard InChI is InChI=1S/C9H17NO/c1-6-8-4-3-7(10(8)2)5-9(6)11/h6-9,11H,3-5H2,1-2H3/t6-,7?,8?,9+/m1/s1. The highest BCUT2D eigenvalue weighted by molar-refractivity contribution is 4.97. The number of fused-ring (bicyclic) bond motifs is 2. The summed E-state index contributed by atoms with van der Waals surface area (Å²) in [5.74, 6) is 0.485. The van der Waals surface area contributed by atoms with Gasteiger partial charge in [-0.3, -0.25) is 0 Å². The second kappa shape index (κ2) is 2.46. The zero-order chi connectivity index (χ0) is 8.01. The van der Waals surface area contributed by atoms with E-state index in [1.807, 2.05) is 0 Å². The molecule has 4 atom stereocenters. The van der Waals surface area contributed by atoms with Gasteiger partial charge in [0.05, 0.1) is 6.10 Å². The quantitative estimate of drug-likeness (QED) is 0.560. The molecule has 0 amide bonds. The van der Waals surface area contributed by atoms with Gasteiger partial charge in [-0.05, 0) is 32.2 Å². The third-order valence-corrected chi connectivity index (χ3v) is 3.62. The lowest BCUT2D eigenvalue weighted by molar-refractivity contribution is 0.00159. The van der Waals surface area contributed by atoms with Crippen molar-refractivity contribution < 1.29 is 5.11 Å². The Bertz CT molecular complexity index is 160. The number of hydrogen-bond donors (Lipinski definition) is 1. The molecule has 2 rings (SSSR count). The molecule has 0 radical (unpaired) electrons. The number of aliphatic hydroxyl groups excluding tert-OH is 1. The Hall–Kier alpha value is -0.0800. The highest BCUT2D eigenvalue weighted by Crippen LogP contribution is 2.37. The summed E-state index contributed by atoms with van der Waals surface area (Å²) >= 11 is 0. The van der Waals surface area contributed by atoms with E-state index in [-0.39, 0.29) is 6.10 Å². The van der Waals surface area contributed by atoms with Crippen LogP contribution in [0.4, 0.5) is 0 Å². The first-order valence-electron chi connectivity index (χ1n) is 4.60. The summed E-state index contributed by atoms with van der Waals surface area (Å²) in [6.07, 6.45) is 3.54. The summed E-state index contributed by atoms with van der Waals surface area (Å²) in [5.41, 5.74) is 0. The van der Waals surface area contributed by atoms with Gasteiger partial charge in [0.2, 0.25) is 0 Å².